The number of nitrogens with zero attached hydrogens (tertiary/aromatic N) is 1. The topological polar surface area (TPSA) is 111 Å². The Hall–Kier alpha value is -2.94. The number of hydrogen-bond acceptors (Lipinski definition) is 6. The van der Waals surface area contributed by atoms with E-state index in [1.165, 1.54) is 24.3 Å². The Morgan fingerprint density at radius 1 is 1.25 bits per heavy atom. The van der Waals surface area contributed by atoms with Crippen molar-refractivity contribution in [2.75, 3.05) is 13.2 Å². The normalized spacial score (nSPS) is 10.0. The largest absolute Gasteiger partial charge is 0.484 e. The van der Waals surface area contributed by atoms with Gasteiger partial charge in [0.1, 0.15) is 5.75 Å². The summed E-state index contributed by atoms with van der Waals surface area (Å²) < 4.78 is 5.13. The summed E-state index contributed by atoms with van der Waals surface area (Å²) in [5, 5.41) is 17.3. The smallest absolute Gasteiger partial charge is 0.321 e. The lowest BCUT2D eigenvalue weighted by atomic mass is 10.3. The molecule has 0 aliphatic rings. The van der Waals surface area contributed by atoms with Gasteiger partial charge < -0.3 is 10.1 Å². The molecular weight excluding hydrogens is 334 g/mol. The lowest BCUT2D eigenvalue weighted by molar-refractivity contribution is -0.384. The minimum absolute atomic E-state index is 0.140. The fourth-order valence-corrected chi connectivity index (χ4v) is 2.51. The van der Waals surface area contributed by atoms with Crippen LogP contribution in [0.1, 0.15) is 4.88 Å². The van der Waals surface area contributed by atoms with Crippen LogP contribution < -0.4 is 15.4 Å². The van der Waals surface area contributed by atoms with Gasteiger partial charge in [-0.05, 0) is 23.9 Å². The van der Waals surface area contributed by atoms with Crippen molar-refractivity contribution in [3.05, 3.63) is 56.8 Å². The molecule has 1 aromatic heterocycles. The van der Waals surface area contributed by atoms with Gasteiger partial charge in [0.2, 0.25) is 0 Å². The first-order valence-electron chi connectivity index (χ1n) is 7.02. The molecule has 0 bridgehead atoms. The van der Waals surface area contributed by atoms with Crippen LogP contribution in [-0.4, -0.2) is 30.0 Å². The molecule has 0 radical (unpaired) electrons. The van der Waals surface area contributed by atoms with Gasteiger partial charge in [-0.2, -0.15) is 0 Å². The van der Waals surface area contributed by atoms with Crippen molar-refractivity contribution >= 4 is 29.0 Å². The van der Waals surface area contributed by atoms with Gasteiger partial charge in [-0.1, -0.05) is 12.1 Å². The molecule has 0 unspecified atom stereocenters. The second kappa shape index (κ2) is 8.63. The molecule has 0 saturated carbocycles. The molecule has 1 heterocycles. The molecular formula is C15H15N3O5S. The van der Waals surface area contributed by atoms with E-state index in [-0.39, 0.29) is 11.4 Å². The average molecular weight is 349 g/mol. The molecule has 1 aromatic carbocycles. The van der Waals surface area contributed by atoms with Gasteiger partial charge in [-0.3, -0.25) is 20.2 Å². The molecule has 2 rings (SSSR count). The summed E-state index contributed by atoms with van der Waals surface area (Å²) in [6.07, 6.45) is 0.684. The van der Waals surface area contributed by atoms with Gasteiger partial charge in [0.05, 0.1) is 11.0 Å². The van der Waals surface area contributed by atoms with Gasteiger partial charge in [0.25, 0.3) is 11.6 Å². The van der Waals surface area contributed by atoms with Gasteiger partial charge in [0.15, 0.2) is 6.61 Å². The van der Waals surface area contributed by atoms with Crippen LogP contribution in [0.25, 0.3) is 0 Å². The lowest BCUT2D eigenvalue weighted by Gasteiger charge is -2.07. The number of nitro groups is 1. The Morgan fingerprint density at radius 3 is 2.79 bits per heavy atom. The van der Waals surface area contributed by atoms with E-state index in [2.05, 4.69) is 10.6 Å². The van der Waals surface area contributed by atoms with E-state index in [0.29, 0.717) is 13.0 Å². The standard InChI is InChI=1S/C15H15N3O5S/c19-14(10-23-12-4-1-3-11(9-12)18(21)22)17-15(20)16-7-6-13-5-2-8-24-13/h1-5,8-9H,6-7,10H2,(H2,16,17,19,20). The predicted octanol–water partition coefficient (Wildman–Crippen LogP) is 2.10. The van der Waals surface area contributed by atoms with Crippen molar-refractivity contribution in [3.8, 4) is 5.75 Å². The molecule has 3 amide bonds. The summed E-state index contributed by atoms with van der Waals surface area (Å²) in [6.45, 7) is -0.00905. The highest BCUT2D eigenvalue weighted by atomic mass is 32.1. The molecule has 0 saturated heterocycles. The molecule has 0 aliphatic heterocycles. The number of carbonyl (C=O) groups excluding carboxylic acids is 2. The number of non-ortho nitro benzene ring substituents is 1. The Morgan fingerprint density at radius 2 is 2.08 bits per heavy atom. The van der Waals surface area contributed by atoms with E-state index in [4.69, 9.17) is 4.74 Å². The second-order valence-electron chi connectivity index (χ2n) is 4.68. The number of benzene rings is 1. The summed E-state index contributed by atoms with van der Waals surface area (Å²) in [7, 11) is 0. The number of rotatable bonds is 7. The maximum atomic E-state index is 11.6. The van der Waals surface area contributed by atoms with E-state index in [0.717, 1.165) is 4.88 Å². The van der Waals surface area contributed by atoms with Crippen LogP contribution in [-0.2, 0) is 11.2 Å². The van der Waals surface area contributed by atoms with E-state index < -0.39 is 23.5 Å². The first-order valence-corrected chi connectivity index (χ1v) is 7.90. The monoisotopic (exact) mass is 349 g/mol. The Labute approximate surface area is 141 Å². The molecule has 0 aliphatic carbocycles. The highest BCUT2D eigenvalue weighted by Crippen LogP contribution is 2.18. The number of thiophene rings is 1. The predicted molar refractivity (Wildman–Crippen MR) is 88.2 cm³/mol. The zero-order valence-electron chi connectivity index (χ0n) is 12.6. The fourth-order valence-electron chi connectivity index (χ4n) is 1.80. The summed E-state index contributed by atoms with van der Waals surface area (Å²) in [6, 6.07) is 8.72. The third kappa shape index (κ3) is 5.69. The summed E-state index contributed by atoms with van der Waals surface area (Å²) >= 11 is 1.59. The van der Waals surface area contributed by atoms with Gasteiger partial charge in [-0.15, -0.1) is 11.3 Å². The molecule has 2 N–H and O–H groups in total. The number of amides is 3. The molecule has 8 nitrogen and oxygen atoms in total. The van der Waals surface area contributed by atoms with Gasteiger partial charge >= 0.3 is 6.03 Å². The summed E-state index contributed by atoms with van der Waals surface area (Å²) in [4.78, 5) is 34.4. The Balaban J connectivity index is 1.69. The molecule has 126 valence electrons. The van der Waals surface area contributed by atoms with Crippen molar-refractivity contribution < 1.29 is 19.2 Å². The molecule has 2 aromatic rings. The average Bonchev–Trinajstić information content (AvgIpc) is 3.06. The number of urea groups is 1. The van der Waals surface area contributed by atoms with Crippen LogP contribution in [0.15, 0.2) is 41.8 Å². The highest BCUT2D eigenvalue weighted by Gasteiger charge is 2.10. The van der Waals surface area contributed by atoms with Crippen molar-refractivity contribution in [3.63, 3.8) is 0 Å². The van der Waals surface area contributed by atoms with Crippen LogP contribution in [0.2, 0.25) is 0 Å². The maximum absolute atomic E-state index is 11.6. The molecule has 9 heteroatoms. The van der Waals surface area contributed by atoms with E-state index >= 15 is 0 Å². The lowest BCUT2D eigenvalue weighted by Crippen LogP contribution is -2.42. The van der Waals surface area contributed by atoms with E-state index in [9.17, 15) is 19.7 Å². The van der Waals surface area contributed by atoms with Crippen molar-refractivity contribution in [1.82, 2.24) is 10.6 Å². The van der Waals surface area contributed by atoms with E-state index in [1.807, 2.05) is 17.5 Å². The summed E-state index contributed by atoms with van der Waals surface area (Å²) in [5.74, 6) is -0.465. The number of nitro benzene ring substituents is 1. The number of nitrogens with one attached hydrogen (secondary N) is 2. The Bertz CT molecular complexity index is 718. The van der Waals surface area contributed by atoms with Crippen molar-refractivity contribution in [2.45, 2.75) is 6.42 Å². The van der Waals surface area contributed by atoms with Gasteiger partial charge in [0, 0.05) is 17.5 Å². The number of imide groups is 1. The third-order valence-electron chi connectivity index (χ3n) is 2.89. The first kappa shape index (κ1) is 17.4. The van der Waals surface area contributed by atoms with Crippen molar-refractivity contribution in [1.29, 1.82) is 0 Å². The SMILES string of the molecule is O=C(COc1cccc([N+](=O)[O-])c1)NC(=O)NCCc1cccs1. The van der Waals surface area contributed by atoms with Crippen LogP contribution >= 0.6 is 11.3 Å². The molecule has 0 atom stereocenters. The third-order valence-corrected chi connectivity index (χ3v) is 3.82. The molecule has 0 fully saturated rings. The zero-order chi connectivity index (χ0) is 17.4. The number of hydrogen-bond donors (Lipinski definition) is 2. The molecule has 24 heavy (non-hydrogen) atoms. The summed E-state index contributed by atoms with van der Waals surface area (Å²) in [5.41, 5.74) is -0.140. The maximum Gasteiger partial charge on any atom is 0.321 e. The van der Waals surface area contributed by atoms with Gasteiger partial charge in [-0.25, -0.2) is 4.79 Å². The van der Waals surface area contributed by atoms with E-state index in [1.54, 1.807) is 11.3 Å². The van der Waals surface area contributed by atoms with Crippen LogP contribution in [0.5, 0.6) is 5.75 Å². The highest BCUT2D eigenvalue weighted by molar-refractivity contribution is 7.09. The van der Waals surface area contributed by atoms with Crippen molar-refractivity contribution in [2.24, 2.45) is 0 Å². The van der Waals surface area contributed by atoms with Crippen LogP contribution in [0, 0.1) is 10.1 Å². The fraction of sp³-hybridized carbons (Fsp3) is 0.200. The van der Waals surface area contributed by atoms with Crippen LogP contribution in [0.3, 0.4) is 0 Å². The number of carbonyl (C=O) groups is 2. The first-order chi connectivity index (χ1) is 11.5. The minimum Gasteiger partial charge on any atom is -0.484 e. The number of ether oxygens (including phenoxy) is 1. The molecule has 0 spiro atoms. The quantitative estimate of drug-likeness (QED) is 0.587. The second-order valence-corrected chi connectivity index (χ2v) is 5.71. The minimum atomic E-state index is -0.643. The zero-order valence-corrected chi connectivity index (χ0v) is 13.4. The van der Waals surface area contributed by atoms with Crippen LogP contribution in [0.4, 0.5) is 10.5 Å². The Kier molecular flexibility index (Phi) is 6.26.